The minimum absolute atomic E-state index is 0.0166. The Morgan fingerprint density at radius 1 is 1.00 bits per heavy atom. The maximum atomic E-state index is 12.5. The summed E-state index contributed by atoms with van der Waals surface area (Å²) in [5.74, 6) is -0.129. The normalized spacial score (nSPS) is 11.4. The molecule has 0 atom stereocenters. The Kier molecular flexibility index (Phi) is 8.30. The van der Waals surface area contributed by atoms with Gasteiger partial charge >= 0.3 is 5.97 Å². The third kappa shape index (κ3) is 6.15. The zero-order valence-electron chi connectivity index (χ0n) is 18.3. The molecule has 0 bridgehead atoms. The van der Waals surface area contributed by atoms with E-state index in [4.69, 9.17) is 39.5 Å². The molecule has 0 amide bonds. The lowest BCUT2D eigenvalue weighted by atomic mass is 10.2. The number of carbonyl (C=O) groups excluding carboxylic acids is 1. The fourth-order valence-electron chi connectivity index (χ4n) is 3.09. The van der Waals surface area contributed by atoms with Gasteiger partial charge in [0, 0.05) is 10.6 Å². The van der Waals surface area contributed by atoms with E-state index < -0.39 is 5.97 Å². The quantitative estimate of drug-likeness (QED) is 0.0959. The molecule has 0 spiro atoms. The van der Waals surface area contributed by atoms with Gasteiger partial charge in [0.2, 0.25) is 5.04 Å². The molecule has 0 radical (unpaired) electrons. The van der Waals surface area contributed by atoms with Crippen molar-refractivity contribution >= 4 is 63.3 Å². The van der Waals surface area contributed by atoms with Crippen LogP contribution in [0.25, 0.3) is 11.4 Å². The molecule has 4 aromatic rings. The molecule has 1 aromatic heterocycles. The lowest BCUT2D eigenvalue weighted by molar-refractivity contribution is -0.132. The Morgan fingerprint density at radius 2 is 1.74 bits per heavy atom. The van der Waals surface area contributed by atoms with Gasteiger partial charge < -0.3 is 4.74 Å². The summed E-state index contributed by atoms with van der Waals surface area (Å²) in [6, 6.07) is 22.0. The van der Waals surface area contributed by atoms with E-state index in [2.05, 4.69) is 20.7 Å². The van der Waals surface area contributed by atoms with E-state index in [0.29, 0.717) is 43.8 Å². The number of rotatable bonds is 6. The van der Waals surface area contributed by atoms with Crippen LogP contribution in [0.15, 0.2) is 83.1 Å². The molecule has 4 rings (SSSR count). The number of hydrazone groups is 1. The van der Waals surface area contributed by atoms with E-state index in [9.17, 15) is 4.79 Å². The average Bonchev–Trinajstić information content (AvgIpc) is 3.24. The van der Waals surface area contributed by atoms with Gasteiger partial charge in [0.25, 0.3) is 0 Å². The number of para-hydroxylation sites is 1. The number of anilines is 1. The molecule has 7 nitrogen and oxygen atoms in total. The monoisotopic (exact) mass is 545 g/mol. The van der Waals surface area contributed by atoms with Crippen LogP contribution in [0.4, 0.5) is 5.69 Å². The van der Waals surface area contributed by atoms with Crippen LogP contribution in [-0.4, -0.2) is 32.9 Å². The van der Waals surface area contributed by atoms with Crippen LogP contribution in [0.5, 0.6) is 0 Å². The number of benzene rings is 3. The van der Waals surface area contributed by atoms with E-state index in [-0.39, 0.29) is 5.04 Å². The molecule has 0 unspecified atom stereocenters. The standard InChI is InChI=1S/C24H18Cl3N5O2S/c1-34-23(33)22(30-28-20-10-6-5-9-18(20)26)35-24-31-29-21(17-12-11-16(25)13-19(17)27)32(24)14-15-7-3-2-4-8-15/h2-13,28H,14H2,1H3/b30-22+. The first-order chi connectivity index (χ1) is 17.0. The van der Waals surface area contributed by atoms with Gasteiger partial charge in [0.05, 0.1) is 29.4 Å². The summed E-state index contributed by atoms with van der Waals surface area (Å²) in [6.45, 7) is 0.427. The van der Waals surface area contributed by atoms with Crippen LogP contribution in [0.2, 0.25) is 15.1 Å². The molecular formula is C24H18Cl3N5O2S. The number of aromatic nitrogens is 3. The fourth-order valence-corrected chi connectivity index (χ4v) is 4.53. The van der Waals surface area contributed by atoms with Crippen molar-refractivity contribution in [1.29, 1.82) is 0 Å². The molecule has 0 aliphatic rings. The van der Waals surface area contributed by atoms with E-state index in [0.717, 1.165) is 17.3 Å². The highest BCUT2D eigenvalue weighted by Crippen LogP contribution is 2.32. The Labute approximate surface area is 221 Å². The fraction of sp³-hybridized carbons (Fsp3) is 0.0833. The number of nitrogens with one attached hydrogen (secondary N) is 1. The summed E-state index contributed by atoms with van der Waals surface area (Å²) < 4.78 is 6.78. The minimum Gasteiger partial charge on any atom is -0.464 e. The first kappa shape index (κ1) is 25.1. The van der Waals surface area contributed by atoms with Crippen molar-refractivity contribution in [1.82, 2.24) is 14.8 Å². The second-order valence-electron chi connectivity index (χ2n) is 7.10. The van der Waals surface area contributed by atoms with E-state index >= 15 is 0 Å². The second-order valence-corrected chi connectivity index (χ2v) is 9.31. The Morgan fingerprint density at radius 3 is 2.46 bits per heavy atom. The highest BCUT2D eigenvalue weighted by Gasteiger charge is 2.23. The molecule has 0 aliphatic heterocycles. The predicted octanol–water partition coefficient (Wildman–Crippen LogP) is 6.64. The molecule has 3 aromatic carbocycles. The number of carbonyl (C=O) groups is 1. The number of halogens is 3. The molecular weight excluding hydrogens is 529 g/mol. The number of nitrogens with zero attached hydrogens (tertiary/aromatic N) is 4. The molecule has 11 heteroatoms. The van der Waals surface area contributed by atoms with Crippen LogP contribution < -0.4 is 5.43 Å². The van der Waals surface area contributed by atoms with Crippen molar-refractivity contribution in [2.45, 2.75) is 11.7 Å². The SMILES string of the molecule is COC(=O)/C(=N\Nc1ccccc1Cl)Sc1nnc(-c2ccc(Cl)cc2Cl)n1Cc1ccccc1. The van der Waals surface area contributed by atoms with Gasteiger partial charge in [0.15, 0.2) is 11.0 Å². The Balaban J connectivity index is 1.74. The smallest absolute Gasteiger partial charge is 0.365 e. The maximum absolute atomic E-state index is 12.5. The molecule has 0 fully saturated rings. The predicted molar refractivity (Wildman–Crippen MR) is 141 cm³/mol. The van der Waals surface area contributed by atoms with Gasteiger partial charge in [0.1, 0.15) is 0 Å². The number of methoxy groups -OCH3 is 1. The van der Waals surface area contributed by atoms with Crippen molar-refractivity contribution in [3.05, 3.63) is 93.4 Å². The Hall–Kier alpha value is -3.04. The molecule has 0 saturated heterocycles. The van der Waals surface area contributed by atoms with Gasteiger partial charge in [-0.1, -0.05) is 77.3 Å². The van der Waals surface area contributed by atoms with Gasteiger partial charge in [-0.15, -0.1) is 10.2 Å². The zero-order valence-corrected chi connectivity index (χ0v) is 21.4. The Bertz CT molecular complexity index is 1380. The van der Waals surface area contributed by atoms with Gasteiger partial charge in [-0.3, -0.25) is 9.99 Å². The first-order valence-electron chi connectivity index (χ1n) is 10.2. The maximum Gasteiger partial charge on any atom is 0.365 e. The first-order valence-corrected chi connectivity index (χ1v) is 12.2. The molecule has 1 heterocycles. The molecule has 1 N–H and O–H groups in total. The lowest BCUT2D eigenvalue weighted by Gasteiger charge is -2.12. The minimum atomic E-state index is -0.644. The summed E-state index contributed by atoms with van der Waals surface area (Å²) in [5, 5.41) is 14.7. The largest absolute Gasteiger partial charge is 0.464 e. The van der Waals surface area contributed by atoms with Crippen molar-refractivity contribution in [2.75, 3.05) is 12.5 Å². The molecule has 178 valence electrons. The number of esters is 1. The summed E-state index contributed by atoms with van der Waals surface area (Å²) in [6.07, 6.45) is 0. The van der Waals surface area contributed by atoms with Crippen molar-refractivity contribution in [2.24, 2.45) is 5.10 Å². The highest BCUT2D eigenvalue weighted by atomic mass is 35.5. The molecule has 0 aliphatic carbocycles. The van der Waals surface area contributed by atoms with Crippen molar-refractivity contribution < 1.29 is 9.53 Å². The van der Waals surface area contributed by atoms with Crippen LogP contribution >= 0.6 is 46.6 Å². The zero-order chi connectivity index (χ0) is 24.8. The summed E-state index contributed by atoms with van der Waals surface area (Å²) in [7, 11) is 1.28. The summed E-state index contributed by atoms with van der Waals surface area (Å²) in [5.41, 5.74) is 5.01. The summed E-state index contributed by atoms with van der Waals surface area (Å²) >= 11 is 19.7. The van der Waals surface area contributed by atoms with E-state index in [1.165, 1.54) is 7.11 Å². The van der Waals surface area contributed by atoms with Crippen LogP contribution in [0.3, 0.4) is 0 Å². The van der Waals surface area contributed by atoms with Crippen LogP contribution in [-0.2, 0) is 16.1 Å². The average molecular weight is 547 g/mol. The third-order valence-electron chi connectivity index (χ3n) is 4.77. The van der Waals surface area contributed by atoms with Gasteiger partial charge in [-0.25, -0.2) is 4.79 Å². The number of ether oxygens (including phenoxy) is 1. The third-order valence-corrected chi connectivity index (χ3v) is 6.59. The van der Waals surface area contributed by atoms with Crippen molar-refractivity contribution in [3.8, 4) is 11.4 Å². The number of hydrogen-bond acceptors (Lipinski definition) is 7. The number of thioether (sulfide) groups is 1. The second kappa shape index (κ2) is 11.6. The summed E-state index contributed by atoms with van der Waals surface area (Å²) in [4.78, 5) is 12.5. The highest BCUT2D eigenvalue weighted by molar-refractivity contribution is 8.15. The van der Waals surface area contributed by atoms with Crippen LogP contribution in [0, 0.1) is 0 Å². The van der Waals surface area contributed by atoms with E-state index in [1.54, 1.807) is 42.5 Å². The van der Waals surface area contributed by atoms with Gasteiger partial charge in [-0.2, -0.15) is 5.10 Å². The van der Waals surface area contributed by atoms with Crippen molar-refractivity contribution in [3.63, 3.8) is 0 Å². The topological polar surface area (TPSA) is 81.4 Å². The lowest BCUT2D eigenvalue weighted by Crippen LogP contribution is -2.15. The van der Waals surface area contributed by atoms with Gasteiger partial charge in [-0.05, 0) is 47.7 Å². The van der Waals surface area contributed by atoms with Crippen LogP contribution in [0.1, 0.15) is 5.56 Å². The molecule has 0 saturated carbocycles. The van der Waals surface area contributed by atoms with E-state index in [1.807, 2.05) is 34.9 Å². The number of hydrogen-bond donors (Lipinski definition) is 1. The molecule has 35 heavy (non-hydrogen) atoms.